The molecule has 0 saturated carbocycles. The van der Waals surface area contributed by atoms with Gasteiger partial charge < -0.3 is 20.4 Å². The zero-order valence-corrected chi connectivity index (χ0v) is 22.1. The third-order valence-electron chi connectivity index (χ3n) is 6.54. The standard InChI is InChI=1S/C23H40N4O5S/c1-10-14(4)18(25-22(32)23(5,6)26(7)8)20(29)27(9)16(13(2)3)11-17(28)19-24-15(12-33-19)21(30)31/h12-14,16-18,28H,10-11H2,1-9H3,(H,25,32)(H,30,31)/t14-,16?,17+,18-/m0/s1. The summed E-state index contributed by atoms with van der Waals surface area (Å²) in [6, 6.07) is -1.04. The van der Waals surface area contributed by atoms with Crippen LogP contribution in [0.1, 0.15) is 76.0 Å². The summed E-state index contributed by atoms with van der Waals surface area (Å²) >= 11 is 1.08. The van der Waals surface area contributed by atoms with Crippen molar-refractivity contribution in [2.75, 3.05) is 21.1 Å². The maximum atomic E-state index is 13.6. The number of carbonyl (C=O) groups is 3. The number of aromatic carboxylic acids is 1. The molecule has 0 aliphatic heterocycles. The second-order valence-electron chi connectivity index (χ2n) is 9.68. The van der Waals surface area contributed by atoms with E-state index in [2.05, 4.69) is 10.3 Å². The summed E-state index contributed by atoms with van der Waals surface area (Å²) in [7, 11) is 5.32. The SMILES string of the molecule is CC[C@H](C)[C@H](NC(=O)C(C)(C)N(C)C)C(=O)N(C)C(C[C@@H](O)c1nc(C(=O)O)cs1)C(C)C. The number of amides is 2. The molecular formula is C23H40N4O5S. The van der Waals surface area contributed by atoms with Gasteiger partial charge in [-0.2, -0.15) is 0 Å². The molecule has 2 amide bonds. The van der Waals surface area contributed by atoms with Crippen molar-refractivity contribution in [3.05, 3.63) is 16.1 Å². The summed E-state index contributed by atoms with van der Waals surface area (Å²) in [5.74, 6) is -1.67. The summed E-state index contributed by atoms with van der Waals surface area (Å²) in [5, 5.41) is 24.4. The average Bonchev–Trinajstić information content (AvgIpc) is 3.24. The molecule has 0 bridgehead atoms. The van der Waals surface area contributed by atoms with Gasteiger partial charge in [0.05, 0.1) is 5.54 Å². The zero-order chi connectivity index (χ0) is 25.7. The van der Waals surface area contributed by atoms with Gasteiger partial charge >= 0.3 is 5.97 Å². The Kier molecular flexibility index (Phi) is 10.5. The monoisotopic (exact) mass is 484 g/mol. The predicted octanol–water partition coefficient (Wildman–Crippen LogP) is 2.62. The van der Waals surface area contributed by atoms with Gasteiger partial charge in [0.1, 0.15) is 17.2 Å². The van der Waals surface area contributed by atoms with E-state index in [1.165, 1.54) is 5.38 Å². The first kappa shape index (κ1) is 29.0. The van der Waals surface area contributed by atoms with Crippen molar-refractivity contribution in [1.82, 2.24) is 20.1 Å². The highest BCUT2D eigenvalue weighted by atomic mass is 32.1. The van der Waals surface area contributed by atoms with E-state index in [0.717, 1.165) is 11.3 Å². The van der Waals surface area contributed by atoms with Crippen molar-refractivity contribution in [2.24, 2.45) is 11.8 Å². The second-order valence-corrected chi connectivity index (χ2v) is 10.6. The minimum absolute atomic E-state index is 0.0130. The number of aliphatic hydroxyl groups excluding tert-OH is 1. The highest BCUT2D eigenvalue weighted by Crippen LogP contribution is 2.28. The summed E-state index contributed by atoms with van der Waals surface area (Å²) in [6.45, 7) is 11.4. The Balaban J connectivity index is 3.10. The van der Waals surface area contributed by atoms with Crippen LogP contribution in [0.15, 0.2) is 5.38 Å². The minimum atomic E-state index is -1.15. The van der Waals surface area contributed by atoms with Crippen LogP contribution in [0, 0.1) is 11.8 Å². The quantitative estimate of drug-likeness (QED) is 0.417. The van der Waals surface area contributed by atoms with Gasteiger partial charge in [-0.05, 0) is 39.8 Å². The number of carboxylic acid groups (broad SMARTS) is 1. The number of carboxylic acids is 1. The van der Waals surface area contributed by atoms with Crippen molar-refractivity contribution >= 4 is 29.1 Å². The van der Waals surface area contributed by atoms with Gasteiger partial charge in [0, 0.05) is 24.9 Å². The normalized spacial score (nSPS) is 15.8. The van der Waals surface area contributed by atoms with Crippen LogP contribution >= 0.6 is 11.3 Å². The van der Waals surface area contributed by atoms with Crippen LogP contribution in [0.4, 0.5) is 0 Å². The molecule has 1 heterocycles. The fourth-order valence-electron chi connectivity index (χ4n) is 3.33. The Labute approximate surface area is 201 Å². The van der Waals surface area contributed by atoms with E-state index in [9.17, 15) is 19.5 Å². The largest absolute Gasteiger partial charge is 0.476 e. The Bertz CT molecular complexity index is 824. The number of aromatic nitrogens is 1. The lowest BCUT2D eigenvalue weighted by molar-refractivity contribution is -0.142. The highest BCUT2D eigenvalue weighted by Gasteiger charge is 2.38. The molecule has 0 fully saturated rings. The van der Waals surface area contributed by atoms with Crippen LogP contribution in [0.3, 0.4) is 0 Å². The molecule has 1 aromatic heterocycles. The van der Waals surface area contributed by atoms with Crippen LogP contribution in [-0.2, 0) is 9.59 Å². The van der Waals surface area contributed by atoms with E-state index >= 15 is 0 Å². The molecule has 0 aliphatic rings. The molecule has 3 N–H and O–H groups in total. The minimum Gasteiger partial charge on any atom is -0.476 e. The maximum Gasteiger partial charge on any atom is 0.355 e. The lowest BCUT2D eigenvalue weighted by Crippen LogP contribution is -2.60. The Hall–Kier alpha value is -2.04. The van der Waals surface area contributed by atoms with Gasteiger partial charge in [0.2, 0.25) is 11.8 Å². The first-order chi connectivity index (χ1) is 15.1. The van der Waals surface area contributed by atoms with E-state index in [-0.39, 0.29) is 41.8 Å². The molecule has 188 valence electrons. The van der Waals surface area contributed by atoms with Crippen LogP contribution in [0.5, 0.6) is 0 Å². The van der Waals surface area contributed by atoms with Gasteiger partial charge in [0.15, 0.2) is 5.69 Å². The number of hydrogen-bond acceptors (Lipinski definition) is 7. The third kappa shape index (κ3) is 7.22. The molecule has 4 atom stereocenters. The molecule has 1 unspecified atom stereocenters. The first-order valence-electron chi connectivity index (χ1n) is 11.3. The van der Waals surface area contributed by atoms with Crippen molar-refractivity contribution in [3.63, 3.8) is 0 Å². The lowest BCUT2D eigenvalue weighted by atomic mass is 9.92. The number of likely N-dealkylation sites (N-methyl/N-ethyl adjacent to an activating group) is 2. The molecule has 0 saturated heterocycles. The topological polar surface area (TPSA) is 123 Å². The van der Waals surface area contributed by atoms with Gasteiger partial charge in [-0.25, -0.2) is 9.78 Å². The third-order valence-corrected chi connectivity index (χ3v) is 7.49. The Morgan fingerprint density at radius 2 is 1.76 bits per heavy atom. The summed E-state index contributed by atoms with van der Waals surface area (Å²) in [6.07, 6.45) is -0.0921. The fraction of sp³-hybridized carbons (Fsp3) is 0.739. The first-order valence-corrected chi connectivity index (χ1v) is 12.1. The van der Waals surface area contributed by atoms with Gasteiger partial charge in [-0.1, -0.05) is 34.1 Å². The average molecular weight is 485 g/mol. The molecular weight excluding hydrogens is 444 g/mol. The van der Waals surface area contributed by atoms with E-state index in [0.29, 0.717) is 11.4 Å². The van der Waals surface area contributed by atoms with E-state index in [1.807, 2.05) is 41.8 Å². The summed E-state index contributed by atoms with van der Waals surface area (Å²) in [5.41, 5.74) is -0.895. The van der Waals surface area contributed by atoms with E-state index in [4.69, 9.17) is 5.11 Å². The molecule has 10 heteroatoms. The molecule has 1 aromatic rings. The summed E-state index contributed by atoms with van der Waals surface area (Å²) in [4.78, 5) is 45.0. The van der Waals surface area contributed by atoms with Crippen LogP contribution < -0.4 is 5.32 Å². The van der Waals surface area contributed by atoms with Gasteiger partial charge in [-0.3, -0.25) is 14.5 Å². The number of aliphatic hydroxyl groups is 1. The van der Waals surface area contributed by atoms with Crippen molar-refractivity contribution in [3.8, 4) is 0 Å². The Morgan fingerprint density at radius 1 is 1.18 bits per heavy atom. The fourth-order valence-corrected chi connectivity index (χ4v) is 4.12. The number of carbonyl (C=O) groups excluding carboxylic acids is 2. The molecule has 9 nitrogen and oxygen atoms in total. The van der Waals surface area contributed by atoms with Crippen LogP contribution in [0.2, 0.25) is 0 Å². The summed E-state index contributed by atoms with van der Waals surface area (Å²) < 4.78 is 0. The van der Waals surface area contributed by atoms with Gasteiger partial charge in [0.25, 0.3) is 0 Å². The Morgan fingerprint density at radius 3 is 2.18 bits per heavy atom. The molecule has 0 aromatic carbocycles. The molecule has 0 spiro atoms. The van der Waals surface area contributed by atoms with Crippen molar-refractivity contribution in [2.45, 2.75) is 78.1 Å². The van der Waals surface area contributed by atoms with E-state index in [1.54, 1.807) is 30.7 Å². The highest BCUT2D eigenvalue weighted by molar-refractivity contribution is 7.09. The number of nitrogens with one attached hydrogen (secondary N) is 1. The number of nitrogens with zero attached hydrogens (tertiary/aromatic N) is 3. The maximum absolute atomic E-state index is 13.6. The van der Waals surface area contributed by atoms with Gasteiger partial charge in [-0.15, -0.1) is 11.3 Å². The molecule has 0 aliphatic carbocycles. The molecule has 1 rings (SSSR count). The number of thiazole rings is 1. The van der Waals surface area contributed by atoms with Crippen molar-refractivity contribution in [1.29, 1.82) is 0 Å². The number of hydrogen-bond donors (Lipinski definition) is 3. The van der Waals surface area contributed by atoms with E-state index < -0.39 is 23.7 Å². The molecule has 33 heavy (non-hydrogen) atoms. The smallest absolute Gasteiger partial charge is 0.355 e. The zero-order valence-electron chi connectivity index (χ0n) is 21.2. The van der Waals surface area contributed by atoms with Crippen molar-refractivity contribution < 1.29 is 24.6 Å². The predicted molar refractivity (Wildman–Crippen MR) is 129 cm³/mol. The molecule has 0 radical (unpaired) electrons. The van der Waals surface area contributed by atoms with Crippen LogP contribution in [0.25, 0.3) is 0 Å². The van der Waals surface area contributed by atoms with Crippen LogP contribution in [-0.4, -0.2) is 81.5 Å². The number of rotatable bonds is 12. The lowest BCUT2D eigenvalue weighted by Gasteiger charge is -2.38. The second kappa shape index (κ2) is 11.9.